The number of rotatable bonds is 0. The van der Waals surface area contributed by atoms with Gasteiger partial charge in [0, 0.05) is 19.7 Å². The first kappa shape index (κ1) is 18.4. The summed E-state index contributed by atoms with van der Waals surface area (Å²) >= 11 is 7.21. The van der Waals surface area contributed by atoms with Gasteiger partial charge in [-0.3, -0.25) is 8.80 Å². The van der Waals surface area contributed by atoms with E-state index in [0.29, 0.717) is 0 Å². The van der Waals surface area contributed by atoms with Crippen LogP contribution in [0.25, 0.3) is 55.2 Å². The summed E-state index contributed by atoms with van der Waals surface area (Å²) < 4.78 is 6.55. The van der Waals surface area contributed by atoms with E-state index in [1.165, 1.54) is 0 Å². The third-order valence-corrected chi connectivity index (χ3v) is 6.99. The van der Waals surface area contributed by atoms with E-state index in [4.69, 9.17) is 9.97 Å². The number of benzene rings is 4. The van der Waals surface area contributed by atoms with Crippen LogP contribution in [0.2, 0.25) is 0 Å². The average molecular weight is 542 g/mol. The summed E-state index contributed by atoms with van der Waals surface area (Å²) in [6.07, 6.45) is 0. The summed E-state index contributed by atoms with van der Waals surface area (Å²) in [5.41, 5.74) is 8.02. The Bertz CT molecular complexity index is 1770. The standard InChI is InChI=1S/C26H14Br2N4/c27-15-10-12-24-19(13-15)29-25-17-5-1-3-7-21(17)31-23-11-9-16(28)14-20(23)30-26(31)18-6-2-4-8-22(18)32(24)25/h1-14H. The maximum absolute atomic E-state index is 5.10. The van der Waals surface area contributed by atoms with Crippen molar-refractivity contribution in [3.8, 4) is 0 Å². The highest BCUT2D eigenvalue weighted by molar-refractivity contribution is 9.10. The molecule has 0 N–H and O–H groups in total. The molecule has 6 heteroatoms. The SMILES string of the molecule is Brc1ccc2c(c1)nc1c3ccccc3n3c4ccc(Br)cc4nc3c3ccccc3n21. The predicted octanol–water partition coefficient (Wildman–Crippen LogP) is 7.68. The van der Waals surface area contributed by atoms with Gasteiger partial charge in [0.2, 0.25) is 0 Å². The summed E-state index contributed by atoms with van der Waals surface area (Å²) in [5.74, 6) is 0. The van der Waals surface area contributed by atoms with Crippen LogP contribution in [0.4, 0.5) is 0 Å². The summed E-state index contributed by atoms with van der Waals surface area (Å²) in [5, 5.41) is 2.13. The van der Waals surface area contributed by atoms with E-state index in [1.54, 1.807) is 0 Å². The van der Waals surface area contributed by atoms with Crippen molar-refractivity contribution in [2.45, 2.75) is 0 Å². The van der Waals surface area contributed by atoms with E-state index in [1.807, 2.05) is 0 Å². The molecule has 0 amide bonds. The quantitative estimate of drug-likeness (QED) is 0.197. The minimum absolute atomic E-state index is 0.922. The molecule has 3 aromatic heterocycles. The van der Waals surface area contributed by atoms with E-state index in [0.717, 1.165) is 64.1 Å². The smallest absolute Gasteiger partial charge is 0.147 e. The summed E-state index contributed by atoms with van der Waals surface area (Å²) in [6.45, 7) is 0. The van der Waals surface area contributed by atoms with Crippen molar-refractivity contribution in [2.24, 2.45) is 0 Å². The molecule has 4 nitrogen and oxygen atoms in total. The van der Waals surface area contributed by atoms with Crippen molar-refractivity contribution in [2.75, 3.05) is 0 Å². The fourth-order valence-corrected chi connectivity index (χ4v) is 5.37. The van der Waals surface area contributed by atoms with Crippen LogP contribution in [-0.2, 0) is 0 Å². The van der Waals surface area contributed by atoms with Crippen LogP contribution in [0.5, 0.6) is 0 Å². The van der Waals surface area contributed by atoms with Crippen molar-refractivity contribution in [1.82, 2.24) is 18.8 Å². The van der Waals surface area contributed by atoms with Gasteiger partial charge in [-0.2, -0.15) is 0 Å². The highest BCUT2D eigenvalue weighted by Crippen LogP contribution is 2.32. The van der Waals surface area contributed by atoms with Crippen LogP contribution < -0.4 is 0 Å². The molecule has 152 valence electrons. The lowest BCUT2D eigenvalue weighted by molar-refractivity contribution is 1.28. The Balaban J connectivity index is 1.93. The van der Waals surface area contributed by atoms with Gasteiger partial charge in [0.25, 0.3) is 0 Å². The highest BCUT2D eigenvalue weighted by atomic mass is 79.9. The van der Waals surface area contributed by atoms with Crippen molar-refractivity contribution in [3.63, 3.8) is 0 Å². The second kappa shape index (κ2) is 6.64. The van der Waals surface area contributed by atoms with Crippen LogP contribution in [0.15, 0.2) is 93.9 Å². The van der Waals surface area contributed by atoms with Gasteiger partial charge in [0.15, 0.2) is 0 Å². The van der Waals surface area contributed by atoms with Gasteiger partial charge in [-0.15, -0.1) is 0 Å². The molecule has 32 heavy (non-hydrogen) atoms. The minimum Gasteiger partial charge on any atom is -0.292 e. The summed E-state index contributed by atoms with van der Waals surface area (Å²) in [6, 6.07) is 29.4. The van der Waals surface area contributed by atoms with Gasteiger partial charge >= 0.3 is 0 Å². The Labute approximate surface area is 199 Å². The zero-order valence-electron chi connectivity index (χ0n) is 16.6. The number of halogens is 2. The maximum Gasteiger partial charge on any atom is 0.147 e. The van der Waals surface area contributed by atoms with E-state index < -0.39 is 0 Å². The second-order valence-electron chi connectivity index (χ2n) is 7.84. The molecular formula is C26H14Br2N4. The van der Waals surface area contributed by atoms with E-state index >= 15 is 0 Å². The molecule has 0 saturated carbocycles. The third kappa shape index (κ3) is 2.48. The second-order valence-corrected chi connectivity index (χ2v) is 9.67. The first-order valence-corrected chi connectivity index (χ1v) is 11.8. The first-order chi connectivity index (χ1) is 15.7. The van der Waals surface area contributed by atoms with Gasteiger partial charge < -0.3 is 0 Å². The zero-order valence-corrected chi connectivity index (χ0v) is 19.8. The average Bonchev–Trinajstić information content (AvgIpc) is 3.35. The topological polar surface area (TPSA) is 34.6 Å². The van der Waals surface area contributed by atoms with Gasteiger partial charge in [-0.1, -0.05) is 56.1 Å². The molecule has 0 bridgehead atoms. The number of hydrogen-bond donors (Lipinski definition) is 0. The number of fused-ring (bicyclic) bond motifs is 12. The molecule has 0 aliphatic carbocycles. The third-order valence-electron chi connectivity index (χ3n) is 6.00. The van der Waals surface area contributed by atoms with Crippen LogP contribution in [-0.4, -0.2) is 18.8 Å². The molecule has 7 rings (SSSR count). The van der Waals surface area contributed by atoms with Crippen molar-refractivity contribution >= 4 is 87.0 Å². The molecule has 0 saturated heterocycles. The largest absolute Gasteiger partial charge is 0.292 e. The van der Waals surface area contributed by atoms with Crippen molar-refractivity contribution < 1.29 is 0 Å². The van der Waals surface area contributed by atoms with Crippen molar-refractivity contribution in [1.29, 1.82) is 0 Å². The number of aromatic nitrogens is 4. The van der Waals surface area contributed by atoms with Crippen LogP contribution in [0, 0.1) is 0 Å². The van der Waals surface area contributed by atoms with Gasteiger partial charge in [-0.25, -0.2) is 9.97 Å². The Hall–Kier alpha value is -3.22. The molecule has 7 aromatic rings. The lowest BCUT2D eigenvalue weighted by Gasteiger charge is -2.07. The molecule has 0 atom stereocenters. The Kier molecular flexibility index (Phi) is 3.81. The lowest BCUT2D eigenvalue weighted by Crippen LogP contribution is -1.93. The van der Waals surface area contributed by atoms with Gasteiger partial charge in [-0.05, 0) is 60.7 Å². The Morgan fingerprint density at radius 1 is 0.500 bits per heavy atom. The minimum atomic E-state index is 0.922. The van der Waals surface area contributed by atoms with E-state index in [9.17, 15) is 0 Å². The molecule has 0 spiro atoms. The normalized spacial score (nSPS) is 12.1. The monoisotopic (exact) mass is 540 g/mol. The van der Waals surface area contributed by atoms with Gasteiger partial charge in [0.05, 0.1) is 33.1 Å². The molecule has 0 aliphatic rings. The summed E-state index contributed by atoms with van der Waals surface area (Å²) in [4.78, 5) is 10.2. The van der Waals surface area contributed by atoms with Crippen LogP contribution >= 0.6 is 31.9 Å². The zero-order chi connectivity index (χ0) is 21.4. The first-order valence-electron chi connectivity index (χ1n) is 10.2. The number of imidazole rings is 2. The van der Waals surface area contributed by atoms with Gasteiger partial charge in [0.1, 0.15) is 11.3 Å². The van der Waals surface area contributed by atoms with E-state index in [2.05, 4.69) is 126 Å². The van der Waals surface area contributed by atoms with Crippen LogP contribution in [0.3, 0.4) is 0 Å². The fourth-order valence-electron chi connectivity index (χ4n) is 4.67. The molecule has 0 radical (unpaired) electrons. The highest BCUT2D eigenvalue weighted by Gasteiger charge is 2.15. The molecule has 0 unspecified atom stereocenters. The number of para-hydroxylation sites is 2. The Morgan fingerprint density at radius 3 is 1.41 bits per heavy atom. The number of hydrogen-bond acceptors (Lipinski definition) is 2. The molecule has 0 fully saturated rings. The lowest BCUT2D eigenvalue weighted by atomic mass is 10.2. The predicted molar refractivity (Wildman–Crippen MR) is 138 cm³/mol. The molecule has 3 heterocycles. The fraction of sp³-hybridized carbons (Fsp3) is 0. The van der Waals surface area contributed by atoms with Crippen molar-refractivity contribution in [3.05, 3.63) is 93.9 Å². The molecule has 4 aromatic carbocycles. The summed E-state index contributed by atoms with van der Waals surface area (Å²) in [7, 11) is 0. The number of nitrogens with zero attached hydrogens (tertiary/aromatic N) is 4. The molecule has 0 aliphatic heterocycles. The molecular weight excluding hydrogens is 528 g/mol. The van der Waals surface area contributed by atoms with Crippen LogP contribution in [0.1, 0.15) is 0 Å². The maximum atomic E-state index is 5.10. The Morgan fingerprint density at radius 2 is 0.938 bits per heavy atom. The van der Waals surface area contributed by atoms with E-state index in [-0.39, 0.29) is 0 Å².